The summed E-state index contributed by atoms with van der Waals surface area (Å²) in [6, 6.07) is 16.9. The van der Waals surface area contributed by atoms with Crippen molar-refractivity contribution in [3.63, 3.8) is 0 Å². The SMILES string of the molecule is COc1c(NC(=O)Nc2ccc(Oc3ccnc(C(=O)N4CCN(C(=O)OC(C)(C)C)CC4)c3)c3ccccc23)cc(C(C)(C)C)cc1NS(C)(=O)=O. The molecular formula is C38H46N6O8S. The van der Waals surface area contributed by atoms with Crippen molar-refractivity contribution in [2.45, 2.75) is 52.6 Å². The number of nitrogens with one attached hydrogen (secondary N) is 3. The molecule has 0 bridgehead atoms. The molecule has 4 aromatic rings. The van der Waals surface area contributed by atoms with Crippen LogP contribution in [-0.4, -0.2) is 86.4 Å². The molecule has 1 saturated heterocycles. The summed E-state index contributed by atoms with van der Waals surface area (Å²) in [6.45, 7) is 12.7. The van der Waals surface area contributed by atoms with E-state index >= 15 is 0 Å². The third-order valence-electron chi connectivity index (χ3n) is 8.23. The lowest BCUT2D eigenvalue weighted by Crippen LogP contribution is -2.51. The van der Waals surface area contributed by atoms with Crippen LogP contribution in [0.4, 0.5) is 26.7 Å². The minimum Gasteiger partial charge on any atom is -0.492 e. The first-order valence-corrected chi connectivity index (χ1v) is 18.9. The molecule has 4 amide bonds. The number of urea groups is 1. The van der Waals surface area contributed by atoms with Crippen LogP contribution in [-0.2, 0) is 20.2 Å². The second-order valence-corrected chi connectivity index (χ2v) is 16.5. The van der Waals surface area contributed by atoms with Gasteiger partial charge in [0.15, 0.2) is 5.75 Å². The van der Waals surface area contributed by atoms with Gasteiger partial charge in [0.25, 0.3) is 5.91 Å². The lowest BCUT2D eigenvalue weighted by Gasteiger charge is -2.35. The number of benzene rings is 3. The number of methoxy groups -OCH3 is 1. The molecule has 0 saturated carbocycles. The number of pyridine rings is 1. The highest BCUT2D eigenvalue weighted by Gasteiger charge is 2.29. The Morgan fingerprint density at radius 2 is 1.42 bits per heavy atom. The first-order valence-electron chi connectivity index (χ1n) is 17.0. The van der Waals surface area contributed by atoms with Gasteiger partial charge in [0.1, 0.15) is 22.8 Å². The Balaban J connectivity index is 1.32. The van der Waals surface area contributed by atoms with E-state index in [1.54, 1.807) is 46.2 Å². The number of anilines is 3. The van der Waals surface area contributed by atoms with E-state index in [-0.39, 0.29) is 34.1 Å². The number of hydrogen-bond donors (Lipinski definition) is 3. The summed E-state index contributed by atoms with van der Waals surface area (Å²) in [5.41, 5.74) is 0.961. The molecular weight excluding hydrogens is 701 g/mol. The lowest BCUT2D eigenvalue weighted by atomic mass is 9.86. The van der Waals surface area contributed by atoms with E-state index in [4.69, 9.17) is 14.2 Å². The Bertz CT molecular complexity index is 2130. The molecule has 0 aliphatic carbocycles. The summed E-state index contributed by atoms with van der Waals surface area (Å²) in [6.07, 6.45) is 2.14. The summed E-state index contributed by atoms with van der Waals surface area (Å²) in [7, 11) is -2.25. The highest BCUT2D eigenvalue weighted by atomic mass is 32.2. The van der Waals surface area contributed by atoms with Gasteiger partial charge in [-0.2, -0.15) is 0 Å². The fraction of sp³-hybridized carbons (Fsp3) is 0.368. The number of carbonyl (C=O) groups is 3. The molecule has 0 unspecified atom stereocenters. The van der Waals surface area contributed by atoms with Crippen molar-refractivity contribution in [2.24, 2.45) is 0 Å². The van der Waals surface area contributed by atoms with Crippen molar-refractivity contribution in [2.75, 3.05) is 54.9 Å². The zero-order valence-corrected chi connectivity index (χ0v) is 32.0. The van der Waals surface area contributed by atoms with Gasteiger partial charge in [-0.3, -0.25) is 14.5 Å². The average molecular weight is 747 g/mol. The molecule has 0 spiro atoms. The first-order chi connectivity index (χ1) is 24.8. The highest BCUT2D eigenvalue weighted by molar-refractivity contribution is 7.92. The van der Waals surface area contributed by atoms with Crippen molar-refractivity contribution in [1.29, 1.82) is 0 Å². The lowest BCUT2D eigenvalue weighted by molar-refractivity contribution is 0.0140. The van der Waals surface area contributed by atoms with Gasteiger partial charge < -0.3 is 34.6 Å². The molecule has 3 N–H and O–H groups in total. The van der Waals surface area contributed by atoms with Crippen LogP contribution in [0.3, 0.4) is 0 Å². The van der Waals surface area contributed by atoms with Crippen LogP contribution in [0.5, 0.6) is 17.2 Å². The second-order valence-electron chi connectivity index (χ2n) is 14.7. The number of nitrogens with zero attached hydrogens (tertiary/aromatic N) is 3. The third-order valence-corrected chi connectivity index (χ3v) is 8.82. The molecule has 1 aliphatic heterocycles. The third kappa shape index (κ3) is 9.86. The Kier molecular flexibility index (Phi) is 11.1. The minimum absolute atomic E-state index is 0.158. The van der Waals surface area contributed by atoms with Gasteiger partial charge in [-0.25, -0.2) is 18.0 Å². The van der Waals surface area contributed by atoms with E-state index in [1.807, 2.05) is 65.8 Å². The number of piperazine rings is 1. The standard InChI is InChI=1S/C38H46N6O8S/c1-37(2,3)24-21-29(33(50-7)30(22-24)42-53(8,48)49)41-35(46)40-28-13-14-32(27-12-10-9-11-26(27)28)51-25-15-16-39-31(23-25)34(45)43-17-19-44(20-18-43)36(47)52-38(4,5)6/h9-16,21-23,42H,17-20H2,1-8H3,(H2,40,41,46). The van der Waals surface area contributed by atoms with Crippen LogP contribution in [0.15, 0.2) is 66.9 Å². The van der Waals surface area contributed by atoms with Gasteiger partial charge in [-0.05, 0) is 62.1 Å². The van der Waals surface area contributed by atoms with Gasteiger partial charge in [0.2, 0.25) is 10.0 Å². The zero-order chi connectivity index (χ0) is 38.7. The number of fused-ring (bicyclic) bond motifs is 1. The van der Waals surface area contributed by atoms with Crippen molar-refractivity contribution < 1.29 is 37.0 Å². The van der Waals surface area contributed by atoms with E-state index in [1.165, 1.54) is 13.3 Å². The van der Waals surface area contributed by atoms with Crippen LogP contribution >= 0.6 is 0 Å². The van der Waals surface area contributed by atoms with Crippen molar-refractivity contribution in [1.82, 2.24) is 14.8 Å². The summed E-state index contributed by atoms with van der Waals surface area (Å²) in [4.78, 5) is 46.8. The monoisotopic (exact) mass is 746 g/mol. The number of aromatic nitrogens is 1. The summed E-state index contributed by atoms with van der Waals surface area (Å²) in [5.74, 6) is 0.755. The maximum atomic E-state index is 13.4. The highest BCUT2D eigenvalue weighted by Crippen LogP contribution is 2.40. The maximum Gasteiger partial charge on any atom is 0.410 e. The van der Waals surface area contributed by atoms with Crippen molar-refractivity contribution in [3.05, 3.63) is 78.1 Å². The Morgan fingerprint density at radius 1 is 0.792 bits per heavy atom. The van der Waals surface area contributed by atoms with Crippen LogP contribution in [0.2, 0.25) is 0 Å². The molecule has 14 nitrogen and oxygen atoms in total. The molecule has 5 rings (SSSR count). The van der Waals surface area contributed by atoms with Gasteiger partial charge in [0, 0.05) is 49.2 Å². The largest absolute Gasteiger partial charge is 0.492 e. The Hall–Kier alpha value is -5.57. The normalized spacial score (nSPS) is 13.7. The summed E-state index contributed by atoms with van der Waals surface area (Å²) in [5, 5.41) is 7.09. The Labute approximate surface area is 309 Å². The van der Waals surface area contributed by atoms with Crippen LogP contribution in [0.1, 0.15) is 57.6 Å². The molecule has 1 aromatic heterocycles. The number of amides is 4. The number of rotatable bonds is 8. The first kappa shape index (κ1) is 38.7. The minimum atomic E-state index is -3.65. The number of sulfonamides is 1. The fourth-order valence-electron chi connectivity index (χ4n) is 5.69. The number of carbonyl (C=O) groups excluding carboxylic acids is 3. The molecule has 2 heterocycles. The molecule has 1 fully saturated rings. The number of hydrogen-bond acceptors (Lipinski definition) is 9. The van der Waals surface area contributed by atoms with E-state index in [0.717, 1.165) is 11.8 Å². The molecule has 15 heteroatoms. The van der Waals surface area contributed by atoms with E-state index in [9.17, 15) is 22.8 Å². The average Bonchev–Trinajstić information content (AvgIpc) is 3.07. The summed E-state index contributed by atoms with van der Waals surface area (Å²) >= 11 is 0. The maximum absolute atomic E-state index is 13.4. The topological polar surface area (TPSA) is 168 Å². The summed E-state index contributed by atoms with van der Waals surface area (Å²) < 4.78 is 44.0. The molecule has 1 aliphatic rings. The molecule has 282 valence electrons. The van der Waals surface area contributed by atoms with E-state index in [2.05, 4.69) is 20.3 Å². The van der Waals surface area contributed by atoms with Crippen molar-refractivity contribution in [3.8, 4) is 17.2 Å². The molecule has 53 heavy (non-hydrogen) atoms. The predicted octanol–water partition coefficient (Wildman–Crippen LogP) is 7.04. The van der Waals surface area contributed by atoms with E-state index in [0.29, 0.717) is 54.1 Å². The molecule has 0 atom stereocenters. The molecule has 3 aromatic carbocycles. The number of ether oxygens (including phenoxy) is 3. The zero-order valence-electron chi connectivity index (χ0n) is 31.2. The van der Waals surface area contributed by atoms with Crippen LogP contribution in [0.25, 0.3) is 10.8 Å². The van der Waals surface area contributed by atoms with Gasteiger partial charge >= 0.3 is 12.1 Å². The van der Waals surface area contributed by atoms with E-state index < -0.39 is 27.7 Å². The fourth-order valence-corrected chi connectivity index (χ4v) is 6.25. The Morgan fingerprint density at radius 3 is 2.04 bits per heavy atom. The van der Waals surface area contributed by atoms with Gasteiger partial charge in [-0.15, -0.1) is 0 Å². The van der Waals surface area contributed by atoms with Gasteiger partial charge in [0.05, 0.1) is 30.4 Å². The smallest absolute Gasteiger partial charge is 0.410 e. The van der Waals surface area contributed by atoms with Crippen LogP contribution in [0, 0.1) is 0 Å². The quantitative estimate of drug-likeness (QED) is 0.171. The van der Waals surface area contributed by atoms with Crippen LogP contribution < -0.4 is 24.8 Å². The predicted molar refractivity (Wildman–Crippen MR) is 205 cm³/mol. The van der Waals surface area contributed by atoms with Gasteiger partial charge in [-0.1, -0.05) is 45.0 Å². The van der Waals surface area contributed by atoms with Crippen molar-refractivity contribution >= 4 is 55.9 Å². The second kappa shape index (κ2) is 15.2. The molecule has 0 radical (unpaired) electrons.